The molecule has 5 heteroatoms. The molecule has 0 radical (unpaired) electrons. The highest BCUT2D eigenvalue weighted by molar-refractivity contribution is 7.26. The first-order chi connectivity index (χ1) is 22.3. The summed E-state index contributed by atoms with van der Waals surface area (Å²) in [6.45, 7) is 0. The molecule has 0 spiro atoms. The normalized spacial score (nSPS) is 12.0. The molecule has 4 heterocycles. The van der Waals surface area contributed by atoms with Crippen molar-refractivity contribution in [2.45, 2.75) is 0 Å². The number of hydrogen-bond acceptors (Lipinski definition) is 4. The van der Waals surface area contributed by atoms with Crippen molar-refractivity contribution in [2.75, 3.05) is 0 Å². The summed E-state index contributed by atoms with van der Waals surface area (Å²) in [5, 5.41) is 5.87. The van der Waals surface area contributed by atoms with E-state index in [4.69, 9.17) is 14.4 Å². The molecule has 0 bridgehead atoms. The molecule has 210 valence electrons. The van der Waals surface area contributed by atoms with Crippen molar-refractivity contribution in [3.8, 4) is 28.3 Å². The van der Waals surface area contributed by atoms with Crippen molar-refractivity contribution in [3.05, 3.63) is 140 Å². The van der Waals surface area contributed by atoms with Crippen molar-refractivity contribution in [2.24, 2.45) is 0 Å². The fraction of sp³-hybridized carbons (Fsp3) is 0. The van der Waals surface area contributed by atoms with Gasteiger partial charge in [0.25, 0.3) is 0 Å². The van der Waals surface area contributed by atoms with Gasteiger partial charge >= 0.3 is 0 Å². The monoisotopic (exact) mass is 593 g/mol. The van der Waals surface area contributed by atoms with E-state index >= 15 is 0 Å². The van der Waals surface area contributed by atoms with Gasteiger partial charge in [-0.05, 0) is 48.5 Å². The maximum atomic E-state index is 6.23. The van der Waals surface area contributed by atoms with E-state index in [0.717, 1.165) is 60.0 Å². The molecule has 45 heavy (non-hydrogen) atoms. The largest absolute Gasteiger partial charge is 0.456 e. The fourth-order valence-corrected chi connectivity index (χ4v) is 7.90. The van der Waals surface area contributed by atoms with Crippen LogP contribution in [0.2, 0.25) is 0 Å². The van der Waals surface area contributed by atoms with Crippen LogP contribution in [0.1, 0.15) is 0 Å². The molecule has 0 fully saturated rings. The molecule has 0 atom stereocenters. The van der Waals surface area contributed by atoms with Gasteiger partial charge in [0, 0.05) is 48.4 Å². The SMILES string of the molecule is c1ccc2c(c1)oc1cc(-c3nc(-c4ccc(-n5c6ccccc6c6ccccc65)cc4)c4sc5ccccc5c4n3)ccc12. The third-order valence-corrected chi connectivity index (χ3v) is 10.0. The minimum absolute atomic E-state index is 0.690. The van der Waals surface area contributed by atoms with E-state index in [9.17, 15) is 0 Å². The summed E-state index contributed by atoms with van der Waals surface area (Å²) < 4.78 is 10.9. The van der Waals surface area contributed by atoms with Gasteiger partial charge in [-0.2, -0.15) is 0 Å². The van der Waals surface area contributed by atoms with Gasteiger partial charge in [-0.3, -0.25) is 0 Å². The maximum absolute atomic E-state index is 6.23. The van der Waals surface area contributed by atoms with E-state index in [1.165, 1.54) is 26.5 Å². The standard InChI is InChI=1S/C40H23N3OS/c1-5-13-32-27(9-1)28-10-2-6-14-33(28)43(32)26-20-17-24(18-21-26)37-39-38(31-12-4-8-16-36(31)45-39)42-40(41-37)25-19-22-30-29-11-3-7-15-34(29)44-35(30)23-25/h1-23H. The first kappa shape index (κ1) is 24.6. The van der Waals surface area contributed by atoms with Crippen molar-refractivity contribution >= 4 is 75.4 Å². The molecule has 0 N–H and O–H groups in total. The lowest BCUT2D eigenvalue weighted by molar-refractivity contribution is 0.669. The summed E-state index contributed by atoms with van der Waals surface area (Å²) in [5.41, 5.74) is 9.15. The number of para-hydroxylation sites is 3. The van der Waals surface area contributed by atoms with Gasteiger partial charge in [-0.25, -0.2) is 9.97 Å². The van der Waals surface area contributed by atoms with E-state index in [-0.39, 0.29) is 0 Å². The second-order valence-corrected chi connectivity index (χ2v) is 12.4. The van der Waals surface area contributed by atoms with Crippen LogP contribution in [0, 0.1) is 0 Å². The second kappa shape index (κ2) is 9.36. The van der Waals surface area contributed by atoms with E-state index in [1.54, 1.807) is 11.3 Å². The molecule has 10 rings (SSSR count). The lowest BCUT2D eigenvalue weighted by Crippen LogP contribution is -1.95. The molecule has 4 aromatic heterocycles. The van der Waals surface area contributed by atoms with Crippen molar-refractivity contribution in [1.29, 1.82) is 0 Å². The number of benzene rings is 6. The van der Waals surface area contributed by atoms with Crippen LogP contribution in [0.4, 0.5) is 0 Å². The first-order valence-corrected chi connectivity index (χ1v) is 15.8. The topological polar surface area (TPSA) is 43.9 Å². The van der Waals surface area contributed by atoms with Crippen LogP contribution in [0.5, 0.6) is 0 Å². The molecule has 0 saturated carbocycles. The molecule has 10 aromatic rings. The third-order valence-electron chi connectivity index (χ3n) is 8.84. The second-order valence-electron chi connectivity index (χ2n) is 11.4. The van der Waals surface area contributed by atoms with Crippen LogP contribution >= 0.6 is 11.3 Å². The highest BCUT2D eigenvalue weighted by Crippen LogP contribution is 2.41. The Bertz CT molecular complexity index is 2710. The Morgan fingerprint density at radius 3 is 1.91 bits per heavy atom. The number of hydrogen-bond donors (Lipinski definition) is 0. The zero-order chi connectivity index (χ0) is 29.5. The van der Waals surface area contributed by atoms with E-state index in [0.29, 0.717) is 5.82 Å². The number of rotatable bonds is 3. The minimum Gasteiger partial charge on any atom is -0.456 e. The Morgan fingerprint density at radius 1 is 0.511 bits per heavy atom. The predicted octanol–water partition coefficient (Wildman–Crippen LogP) is 11.2. The van der Waals surface area contributed by atoms with Crippen molar-refractivity contribution in [3.63, 3.8) is 0 Å². The van der Waals surface area contributed by atoms with Crippen LogP contribution in [0.3, 0.4) is 0 Å². The van der Waals surface area contributed by atoms with Gasteiger partial charge < -0.3 is 8.98 Å². The summed E-state index contributed by atoms with van der Waals surface area (Å²) in [6, 6.07) is 48.9. The molecule has 6 aromatic carbocycles. The van der Waals surface area contributed by atoms with Gasteiger partial charge in [0.2, 0.25) is 0 Å². The lowest BCUT2D eigenvalue weighted by atomic mass is 10.1. The summed E-state index contributed by atoms with van der Waals surface area (Å²) in [4.78, 5) is 10.4. The molecule has 0 aliphatic carbocycles. The van der Waals surface area contributed by atoms with E-state index < -0.39 is 0 Å². The zero-order valence-corrected chi connectivity index (χ0v) is 24.8. The number of nitrogens with zero attached hydrogens (tertiary/aromatic N) is 3. The highest BCUT2D eigenvalue weighted by Gasteiger charge is 2.18. The fourth-order valence-electron chi connectivity index (χ4n) is 6.75. The molecule has 0 aliphatic rings. The molecule has 0 aliphatic heterocycles. The summed E-state index contributed by atoms with van der Waals surface area (Å²) >= 11 is 1.75. The maximum Gasteiger partial charge on any atom is 0.160 e. The van der Waals surface area contributed by atoms with Crippen LogP contribution in [-0.4, -0.2) is 14.5 Å². The predicted molar refractivity (Wildman–Crippen MR) is 187 cm³/mol. The molecular formula is C40H23N3OS. The minimum atomic E-state index is 0.690. The molecule has 4 nitrogen and oxygen atoms in total. The summed E-state index contributed by atoms with van der Waals surface area (Å²) in [5.74, 6) is 0.690. The first-order valence-electron chi connectivity index (χ1n) is 15.0. The van der Waals surface area contributed by atoms with Crippen LogP contribution in [0.25, 0.3) is 92.4 Å². The Hall–Kier alpha value is -5.78. The van der Waals surface area contributed by atoms with Gasteiger partial charge in [0.05, 0.1) is 26.9 Å². The van der Waals surface area contributed by atoms with Gasteiger partial charge in [-0.1, -0.05) is 91.0 Å². The Balaban J connectivity index is 1.17. The van der Waals surface area contributed by atoms with Crippen molar-refractivity contribution in [1.82, 2.24) is 14.5 Å². The average molecular weight is 594 g/mol. The average Bonchev–Trinajstić information content (AvgIpc) is 3.77. The van der Waals surface area contributed by atoms with Crippen LogP contribution in [-0.2, 0) is 0 Å². The number of fused-ring (bicyclic) bond motifs is 9. The lowest BCUT2D eigenvalue weighted by Gasteiger charge is -2.10. The molecule has 0 amide bonds. The van der Waals surface area contributed by atoms with Crippen molar-refractivity contribution < 1.29 is 4.42 Å². The quantitative estimate of drug-likeness (QED) is 0.205. The molecule has 0 unspecified atom stereocenters. The number of aromatic nitrogens is 3. The van der Waals surface area contributed by atoms with Gasteiger partial charge in [0.15, 0.2) is 5.82 Å². The van der Waals surface area contributed by atoms with E-state index in [2.05, 4.69) is 126 Å². The Kier molecular flexibility index (Phi) is 5.12. The Morgan fingerprint density at radius 2 is 1.13 bits per heavy atom. The highest BCUT2D eigenvalue weighted by atomic mass is 32.1. The Labute approximate surface area is 261 Å². The number of thiophene rings is 1. The molecule has 0 saturated heterocycles. The molecular weight excluding hydrogens is 571 g/mol. The van der Waals surface area contributed by atoms with Crippen LogP contribution < -0.4 is 0 Å². The third kappa shape index (κ3) is 3.65. The smallest absolute Gasteiger partial charge is 0.160 e. The summed E-state index contributed by atoms with van der Waals surface area (Å²) in [6.07, 6.45) is 0. The summed E-state index contributed by atoms with van der Waals surface area (Å²) in [7, 11) is 0. The van der Waals surface area contributed by atoms with Gasteiger partial charge in [-0.15, -0.1) is 11.3 Å². The van der Waals surface area contributed by atoms with E-state index in [1.807, 2.05) is 18.2 Å². The number of furan rings is 1. The zero-order valence-electron chi connectivity index (χ0n) is 23.9. The van der Waals surface area contributed by atoms with Gasteiger partial charge in [0.1, 0.15) is 11.2 Å². The van der Waals surface area contributed by atoms with Crippen LogP contribution in [0.15, 0.2) is 144 Å².